The zero-order valence-electron chi connectivity index (χ0n) is 12.7. The highest BCUT2D eigenvalue weighted by Gasteiger charge is 2.30. The Bertz CT molecular complexity index is 507. The molecule has 21 heavy (non-hydrogen) atoms. The predicted octanol–water partition coefficient (Wildman–Crippen LogP) is 2.47. The fourth-order valence-electron chi connectivity index (χ4n) is 2.19. The van der Waals surface area contributed by atoms with E-state index in [1.165, 1.54) is 0 Å². The molecule has 0 aliphatic heterocycles. The maximum absolute atomic E-state index is 12.1. The number of carbonyl (C=O) groups excluding carboxylic acids is 1. The fourth-order valence-corrected chi connectivity index (χ4v) is 2.19. The van der Waals surface area contributed by atoms with Gasteiger partial charge in [-0.2, -0.15) is 0 Å². The molecule has 1 aliphatic rings. The van der Waals surface area contributed by atoms with Gasteiger partial charge in [0.15, 0.2) is 0 Å². The van der Waals surface area contributed by atoms with Crippen molar-refractivity contribution in [1.82, 2.24) is 4.90 Å². The first-order valence-corrected chi connectivity index (χ1v) is 7.46. The third kappa shape index (κ3) is 4.90. The molecule has 1 aromatic rings. The number of amides is 1. The minimum atomic E-state index is -0.0401. The Kier molecular flexibility index (Phi) is 5.39. The molecule has 0 radical (unpaired) electrons. The van der Waals surface area contributed by atoms with E-state index in [0.29, 0.717) is 12.6 Å². The van der Waals surface area contributed by atoms with E-state index in [-0.39, 0.29) is 18.6 Å². The second-order valence-electron chi connectivity index (χ2n) is 5.56. The van der Waals surface area contributed by atoms with Crippen LogP contribution in [0.25, 0.3) is 6.08 Å². The van der Waals surface area contributed by atoms with Gasteiger partial charge in [-0.3, -0.25) is 4.79 Å². The van der Waals surface area contributed by atoms with E-state index in [4.69, 9.17) is 9.84 Å². The van der Waals surface area contributed by atoms with E-state index in [1.54, 1.807) is 17.1 Å². The van der Waals surface area contributed by atoms with Crippen molar-refractivity contribution in [1.29, 1.82) is 0 Å². The van der Waals surface area contributed by atoms with Crippen LogP contribution in [-0.2, 0) is 4.79 Å². The Morgan fingerprint density at radius 1 is 1.48 bits per heavy atom. The van der Waals surface area contributed by atoms with Crippen LogP contribution in [-0.4, -0.2) is 41.2 Å². The highest BCUT2D eigenvalue weighted by Crippen LogP contribution is 2.26. The molecule has 0 atom stereocenters. The lowest BCUT2D eigenvalue weighted by Gasteiger charge is -2.19. The lowest BCUT2D eigenvalue weighted by Crippen LogP contribution is -2.34. The SMILES string of the molecule is CC(C)Oc1cccc(/C=C/C(=O)N(CCO)C2CC2)c1. The summed E-state index contributed by atoms with van der Waals surface area (Å²) in [5.74, 6) is 0.760. The number of ether oxygens (including phenoxy) is 1. The average Bonchev–Trinajstić information content (AvgIpc) is 3.26. The zero-order valence-corrected chi connectivity index (χ0v) is 12.7. The van der Waals surface area contributed by atoms with Crippen LogP contribution >= 0.6 is 0 Å². The molecular formula is C17H23NO3. The van der Waals surface area contributed by atoms with E-state index in [1.807, 2.05) is 38.1 Å². The van der Waals surface area contributed by atoms with E-state index >= 15 is 0 Å². The van der Waals surface area contributed by atoms with Crippen LogP contribution in [0.1, 0.15) is 32.3 Å². The Hall–Kier alpha value is -1.81. The number of carbonyl (C=O) groups is 1. The summed E-state index contributed by atoms with van der Waals surface area (Å²) in [5, 5.41) is 9.03. The number of hydrogen-bond donors (Lipinski definition) is 1. The summed E-state index contributed by atoms with van der Waals surface area (Å²) in [7, 11) is 0. The Labute approximate surface area is 126 Å². The normalized spacial score (nSPS) is 14.7. The number of aliphatic hydroxyl groups is 1. The number of aliphatic hydroxyl groups excluding tert-OH is 1. The molecule has 1 fully saturated rings. The van der Waals surface area contributed by atoms with Crippen molar-refractivity contribution in [2.75, 3.05) is 13.2 Å². The summed E-state index contributed by atoms with van der Waals surface area (Å²) < 4.78 is 5.63. The molecule has 0 saturated heterocycles. The van der Waals surface area contributed by atoms with Gasteiger partial charge < -0.3 is 14.7 Å². The second kappa shape index (κ2) is 7.27. The quantitative estimate of drug-likeness (QED) is 0.785. The van der Waals surface area contributed by atoms with Crippen LogP contribution in [0.4, 0.5) is 0 Å². The molecule has 1 aromatic carbocycles. The lowest BCUT2D eigenvalue weighted by atomic mass is 10.2. The summed E-state index contributed by atoms with van der Waals surface area (Å²) in [5.41, 5.74) is 0.932. The van der Waals surface area contributed by atoms with E-state index in [0.717, 1.165) is 24.2 Å². The first kappa shape index (κ1) is 15.6. The van der Waals surface area contributed by atoms with Gasteiger partial charge >= 0.3 is 0 Å². The highest BCUT2D eigenvalue weighted by atomic mass is 16.5. The van der Waals surface area contributed by atoms with Gasteiger partial charge in [-0.1, -0.05) is 12.1 Å². The summed E-state index contributed by atoms with van der Waals surface area (Å²) in [6, 6.07) is 7.97. The predicted molar refractivity (Wildman–Crippen MR) is 83.1 cm³/mol. The van der Waals surface area contributed by atoms with Crippen molar-refractivity contribution >= 4 is 12.0 Å². The number of rotatable bonds is 7. The summed E-state index contributed by atoms with van der Waals surface area (Å²) >= 11 is 0. The zero-order chi connectivity index (χ0) is 15.2. The smallest absolute Gasteiger partial charge is 0.246 e. The molecule has 0 aromatic heterocycles. The van der Waals surface area contributed by atoms with Crippen LogP contribution in [0.5, 0.6) is 5.75 Å². The van der Waals surface area contributed by atoms with Crippen LogP contribution in [0.3, 0.4) is 0 Å². The van der Waals surface area contributed by atoms with Gasteiger partial charge in [0, 0.05) is 18.7 Å². The Morgan fingerprint density at radius 3 is 2.86 bits per heavy atom. The van der Waals surface area contributed by atoms with Gasteiger partial charge in [0.1, 0.15) is 5.75 Å². The highest BCUT2D eigenvalue weighted by molar-refractivity contribution is 5.92. The number of hydrogen-bond acceptors (Lipinski definition) is 3. The van der Waals surface area contributed by atoms with Crippen LogP contribution < -0.4 is 4.74 Å². The minimum absolute atomic E-state index is 0.00773. The molecule has 1 N–H and O–H groups in total. The topological polar surface area (TPSA) is 49.8 Å². The largest absolute Gasteiger partial charge is 0.491 e. The van der Waals surface area contributed by atoms with Crippen LogP contribution in [0.15, 0.2) is 30.3 Å². The molecule has 0 bridgehead atoms. The first-order chi connectivity index (χ1) is 10.1. The molecular weight excluding hydrogens is 266 g/mol. The van der Waals surface area contributed by atoms with Crippen molar-refractivity contribution in [2.45, 2.75) is 38.8 Å². The van der Waals surface area contributed by atoms with Crippen LogP contribution in [0.2, 0.25) is 0 Å². The van der Waals surface area contributed by atoms with Gasteiger partial charge in [-0.25, -0.2) is 0 Å². The van der Waals surface area contributed by atoms with E-state index < -0.39 is 0 Å². The molecule has 0 spiro atoms. The third-order valence-corrected chi connectivity index (χ3v) is 3.26. The van der Waals surface area contributed by atoms with Crippen molar-refractivity contribution in [2.24, 2.45) is 0 Å². The van der Waals surface area contributed by atoms with Crippen molar-refractivity contribution in [3.8, 4) is 5.75 Å². The first-order valence-electron chi connectivity index (χ1n) is 7.46. The van der Waals surface area contributed by atoms with E-state index in [2.05, 4.69) is 0 Å². The van der Waals surface area contributed by atoms with Gasteiger partial charge in [0.05, 0.1) is 12.7 Å². The van der Waals surface area contributed by atoms with Crippen molar-refractivity contribution in [3.05, 3.63) is 35.9 Å². The van der Waals surface area contributed by atoms with Gasteiger partial charge in [-0.15, -0.1) is 0 Å². The maximum atomic E-state index is 12.1. The number of benzene rings is 1. The molecule has 1 saturated carbocycles. The molecule has 4 nitrogen and oxygen atoms in total. The standard InChI is InChI=1S/C17H23NO3/c1-13(2)21-16-5-3-4-14(12-16)6-9-17(20)18(10-11-19)15-7-8-15/h3-6,9,12-13,15,19H,7-8,10-11H2,1-2H3/b9-6+. The summed E-state index contributed by atoms with van der Waals surface area (Å²) in [6.45, 7) is 4.38. The molecule has 4 heteroatoms. The number of nitrogens with zero attached hydrogens (tertiary/aromatic N) is 1. The minimum Gasteiger partial charge on any atom is -0.491 e. The fraction of sp³-hybridized carbons (Fsp3) is 0.471. The summed E-state index contributed by atoms with van der Waals surface area (Å²) in [4.78, 5) is 13.9. The van der Waals surface area contributed by atoms with E-state index in [9.17, 15) is 4.79 Å². The molecule has 1 aliphatic carbocycles. The molecule has 0 heterocycles. The molecule has 114 valence electrons. The maximum Gasteiger partial charge on any atom is 0.246 e. The monoisotopic (exact) mass is 289 g/mol. The van der Waals surface area contributed by atoms with Gasteiger partial charge in [-0.05, 0) is 50.5 Å². The summed E-state index contributed by atoms with van der Waals surface area (Å²) in [6.07, 6.45) is 5.57. The Balaban J connectivity index is 2.00. The average molecular weight is 289 g/mol. The van der Waals surface area contributed by atoms with Gasteiger partial charge in [0.2, 0.25) is 5.91 Å². The molecule has 2 rings (SSSR count). The van der Waals surface area contributed by atoms with Crippen molar-refractivity contribution in [3.63, 3.8) is 0 Å². The Morgan fingerprint density at radius 2 is 2.24 bits per heavy atom. The van der Waals surface area contributed by atoms with Crippen molar-refractivity contribution < 1.29 is 14.6 Å². The van der Waals surface area contributed by atoms with Gasteiger partial charge in [0.25, 0.3) is 0 Å². The second-order valence-corrected chi connectivity index (χ2v) is 5.56. The lowest BCUT2D eigenvalue weighted by molar-refractivity contribution is -0.127. The molecule has 1 amide bonds. The third-order valence-electron chi connectivity index (χ3n) is 3.26. The molecule has 0 unspecified atom stereocenters. The van der Waals surface area contributed by atoms with Crippen LogP contribution in [0, 0.1) is 0 Å².